The number of hydrogen-bond acceptors (Lipinski definition) is 4. The third kappa shape index (κ3) is 3.41. The molecule has 0 radical (unpaired) electrons. The first-order chi connectivity index (χ1) is 11.7. The number of nitrogens with zero attached hydrogens (tertiary/aromatic N) is 1. The van der Waals surface area contributed by atoms with Gasteiger partial charge in [0.2, 0.25) is 0 Å². The minimum absolute atomic E-state index is 0.312. The van der Waals surface area contributed by atoms with Crippen molar-refractivity contribution in [1.82, 2.24) is 0 Å². The molecule has 0 saturated carbocycles. The standard InChI is InChI=1S/C19H15NO3S/c1-23-16-11-6-10-15(13-16)20-18(21)17(24-19(20)22)12-5-9-14-7-3-2-4-8-14/h2-13H,1H3/b9-5+,17-12-. The molecule has 0 unspecified atom stereocenters. The van der Waals surface area contributed by atoms with Crippen LogP contribution in [0.15, 0.2) is 71.7 Å². The number of carbonyl (C=O) groups excluding carboxylic acids is 2. The Morgan fingerprint density at radius 1 is 1.04 bits per heavy atom. The molecule has 24 heavy (non-hydrogen) atoms. The van der Waals surface area contributed by atoms with Gasteiger partial charge in [0.05, 0.1) is 17.7 Å². The van der Waals surface area contributed by atoms with Gasteiger partial charge in [0.1, 0.15) is 5.75 Å². The average Bonchev–Trinajstić information content (AvgIpc) is 2.90. The summed E-state index contributed by atoms with van der Waals surface area (Å²) in [5.41, 5.74) is 1.54. The van der Waals surface area contributed by atoms with Crippen molar-refractivity contribution < 1.29 is 14.3 Å². The topological polar surface area (TPSA) is 46.6 Å². The van der Waals surface area contributed by atoms with Crippen molar-refractivity contribution >= 4 is 34.7 Å². The van der Waals surface area contributed by atoms with Gasteiger partial charge in [0.25, 0.3) is 11.1 Å². The average molecular weight is 337 g/mol. The first kappa shape index (κ1) is 16.1. The Labute approximate surface area is 144 Å². The lowest BCUT2D eigenvalue weighted by atomic mass is 10.2. The fourth-order valence-corrected chi connectivity index (χ4v) is 3.06. The molecule has 1 heterocycles. The number of amides is 2. The van der Waals surface area contributed by atoms with E-state index >= 15 is 0 Å². The predicted octanol–water partition coefficient (Wildman–Crippen LogP) is 4.49. The van der Waals surface area contributed by atoms with E-state index in [0.717, 1.165) is 22.2 Å². The Balaban J connectivity index is 1.81. The number of rotatable bonds is 4. The van der Waals surface area contributed by atoms with E-state index in [1.807, 2.05) is 36.4 Å². The van der Waals surface area contributed by atoms with Gasteiger partial charge in [-0.05, 0) is 35.5 Å². The third-order valence-corrected chi connectivity index (χ3v) is 4.33. The van der Waals surface area contributed by atoms with E-state index in [1.165, 1.54) is 0 Å². The third-order valence-electron chi connectivity index (χ3n) is 3.44. The molecule has 0 aliphatic carbocycles. The summed E-state index contributed by atoms with van der Waals surface area (Å²) in [4.78, 5) is 26.3. The molecule has 1 aliphatic heterocycles. The van der Waals surface area contributed by atoms with Gasteiger partial charge >= 0.3 is 0 Å². The summed E-state index contributed by atoms with van der Waals surface area (Å²) in [6.07, 6.45) is 5.33. The van der Waals surface area contributed by atoms with Crippen LogP contribution >= 0.6 is 11.8 Å². The first-order valence-electron chi connectivity index (χ1n) is 7.33. The van der Waals surface area contributed by atoms with Gasteiger partial charge in [-0.3, -0.25) is 9.59 Å². The molecule has 120 valence electrons. The number of allylic oxidation sites excluding steroid dienone is 2. The van der Waals surface area contributed by atoms with Crippen molar-refractivity contribution in [1.29, 1.82) is 0 Å². The fraction of sp³-hybridized carbons (Fsp3) is 0.0526. The number of anilines is 1. The van der Waals surface area contributed by atoms with Gasteiger partial charge < -0.3 is 4.74 Å². The van der Waals surface area contributed by atoms with Crippen LogP contribution < -0.4 is 9.64 Å². The highest BCUT2D eigenvalue weighted by atomic mass is 32.2. The molecule has 0 N–H and O–H groups in total. The molecule has 2 amide bonds. The Kier molecular flexibility index (Phi) is 4.82. The van der Waals surface area contributed by atoms with E-state index in [1.54, 1.807) is 43.5 Å². The van der Waals surface area contributed by atoms with Gasteiger partial charge in [-0.15, -0.1) is 0 Å². The number of ether oxygens (including phenoxy) is 1. The lowest BCUT2D eigenvalue weighted by Crippen LogP contribution is -2.27. The monoisotopic (exact) mass is 337 g/mol. The van der Waals surface area contributed by atoms with E-state index in [9.17, 15) is 9.59 Å². The highest BCUT2D eigenvalue weighted by Gasteiger charge is 2.36. The molecule has 1 saturated heterocycles. The van der Waals surface area contributed by atoms with Crippen molar-refractivity contribution in [2.75, 3.05) is 12.0 Å². The fourth-order valence-electron chi connectivity index (χ4n) is 2.26. The highest BCUT2D eigenvalue weighted by Crippen LogP contribution is 2.35. The highest BCUT2D eigenvalue weighted by molar-refractivity contribution is 8.18. The molecule has 5 heteroatoms. The van der Waals surface area contributed by atoms with Crippen molar-refractivity contribution in [2.45, 2.75) is 0 Å². The predicted molar refractivity (Wildman–Crippen MR) is 97.0 cm³/mol. The van der Waals surface area contributed by atoms with Crippen LogP contribution in [0.5, 0.6) is 5.75 Å². The van der Waals surface area contributed by atoms with Crippen molar-refractivity contribution in [3.8, 4) is 5.75 Å². The smallest absolute Gasteiger partial charge is 0.298 e. The van der Waals surface area contributed by atoms with Crippen LogP contribution in [0.4, 0.5) is 10.5 Å². The largest absolute Gasteiger partial charge is 0.497 e. The zero-order chi connectivity index (χ0) is 16.9. The van der Waals surface area contributed by atoms with Crippen LogP contribution in [-0.4, -0.2) is 18.3 Å². The summed E-state index contributed by atoms with van der Waals surface area (Å²) in [6, 6.07) is 16.6. The lowest BCUT2D eigenvalue weighted by Gasteiger charge is -2.13. The second kappa shape index (κ2) is 7.19. The number of methoxy groups -OCH3 is 1. The molecule has 0 bridgehead atoms. The van der Waals surface area contributed by atoms with Crippen LogP contribution in [0.3, 0.4) is 0 Å². The van der Waals surface area contributed by atoms with Gasteiger partial charge in [-0.25, -0.2) is 4.90 Å². The summed E-state index contributed by atoms with van der Waals surface area (Å²) in [6.45, 7) is 0. The molecular weight excluding hydrogens is 322 g/mol. The van der Waals surface area contributed by atoms with Crippen LogP contribution in [0.25, 0.3) is 6.08 Å². The molecule has 0 spiro atoms. The Morgan fingerprint density at radius 3 is 2.58 bits per heavy atom. The Morgan fingerprint density at radius 2 is 1.83 bits per heavy atom. The van der Waals surface area contributed by atoms with Gasteiger partial charge in [0.15, 0.2) is 0 Å². The number of benzene rings is 2. The molecule has 4 nitrogen and oxygen atoms in total. The van der Waals surface area contributed by atoms with E-state index in [2.05, 4.69) is 0 Å². The van der Waals surface area contributed by atoms with Crippen LogP contribution in [0.2, 0.25) is 0 Å². The van der Waals surface area contributed by atoms with Crippen LogP contribution in [0.1, 0.15) is 5.56 Å². The molecule has 1 aliphatic rings. The molecule has 0 aromatic heterocycles. The van der Waals surface area contributed by atoms with Gasteiger partial charge in [-0.1, -0.05) is 48.6 Å². The number of thioether (sulfide) groups is 1. The molecule has 2 aromatic carbocycles. The maximum Gasteiger partial charge on any atom is 0.298 e. The lowest BCUT2D eigenvalue weighted by molar-refractivity contribution is -0.113. The Bertz CT molecular complexity index is 828. The van der Waals surface area contributed by atoms with Crippen molar-refractivity contribution in [3.63, 3.8) is 0 Å². The summed E-state index contributed by atoms with van der Waals surface area (Å²) in [5.74, 6) is 0.274. The second-order valence-corrected chi connectivity index (χ2v) is 6.00. The maximum atomic E-state index is 12.5. The van der Waals surface area contributed by atoms with E-state index in [-0.39, 0.29) is 11.1 Å². The SMILES string of the molecule is COc1cccc(N2C(=O)S/C(=C\C=C\c3ccccc3)C2=O)c1. The minimum atomic E-state index is -0.323. The number of hydrogen-bond donors (Lipinski definition) is 0. The summed E-state index contributed by atoms with van der Waals surface area (Å²) in [7, 11) is 1.54. The summed E-state index contributed by atoms with van der Waals surface area (Å²) < 4.78 is 5.14. The molecule has 0 atom stereocenters. The molecule has 3 rings (SSSR count). The number of imide groups is 1. The van der Waals surface area contributed by atoms with E-state index in [4.69, 9.17) is 4.74 Å². The Hall–Kier alpha value is -2.79. The summed E-state index contributed by atoms with van der Waals surface area (Å²) >= 11 is 0.932. The minimum Gasteiger partial charge on any atom is -0.497 e. The van der Waals surface area contributed by atoms with Gasteiger partial charge in [-0.2, -0.15) is 0 Å². The molecular formula is C19H15NO3S. The number of carbonyl (C=O) groups is 2. The second-order valence-electron chi connectivity index (χ2n) is 5.01. The van der Waals surface area contributed by atoms with Crippen molar-refractivity contribution in [3.05, 3.63) is 77.2 Å². The first-order valence-corrected chi connectivity index (χ1v) is 8.14. The summed E-state index contributed by atoms with van der Waals surface area (Å²) in [5, 5.41) is -0.312. The molecule has 2 aromatic rings. The van der Waals surface area contributed by atoms with E-state index in [0.29, 0.717) is 16.3 Å². The van der Waals surface area contributed by atoms with Crippen LogP contribution in [-0.2, 0) is 4.79 Å². The van der Waals surface area contributed by atoms with Crippen LogP contribution in [0, 0.1) is 0 Å². The van der Waals surface area contributed by atoms with Gasteiger partial charge in [0, 0.05) is 6.07 Å². The van der Waals surface area contributed by atoms with E-state index < -0.39 is 0 Å². The zero-order valence-corrected chi connectivity index (χ0v) is 13.8. The molecule has 1 fully saturated rings. The maximum absolute atomic E-state index is 12.5. The quantitative estimate of drug-likeness (QED) is 0.771. The zero-order valence-electron chi connectivity index (χ0n) is 13.0. The van der Waals surface area contributed by atoms with Crippen molar-refractivity contribution in [2.24, 2.45) is 0 Å². The normalized spacial score (nSPS) is 16.4.